The van der Waals surface area contributed by atoms with Crippen LogP contribution in [0.5, 0.6) is 0 Å². The molecule has 0 fully saturated rings. The van der Waals surface area contributed by atoms with Crippen molar-refractivity contribution in [2.75, 3.05) is 18.1 Å². The molecule has 2 aromatic carbocycles. The molecule has 0 aliphatic heterocycles. The quantitative estimate of drug-likeness (QED) is 0.550. The van der Waals surface area contributed by atoms with E-state index in [1.807, 2.05) is 48.5 Å². The van der Waals surface area contributed by atoms with Crippen LogP contribution in [0, 0.1) is 0 Å². The Morgan fingerprint density at radius 1 is 0.917 bits per heavy atom. The van der Waals surface area contributed by atoms with Gasteiger partial charge in [0.15, 0.2) is 6.61 Å². The third-order valence-electron chi connectivity index (χ3n) is 3.71. The van der Waals surface area contributed by atoms with Crippen LogP contribution in [0.1, 0.15) is 25.3 Å². The van der Waals surface area contributed by atoms with E-state index in [1.165, 1.54) is 12.5 Å². The van der Waals surface area contributed by atoms with Crippen molar-refractivity contribution in [1.82, 2.24) is 0 Å². The van der Waals surface area contributed by atoms with Gasteiger partial charge in [-0.2, -0.15) is 0 Å². The second kappa shape index (κ2) is 9.50. The molecule has 1 amide bonds. The highest BCUT2D eigenvalue weighted by Crippen LogP contribution is 2.15. The Morgan fingerprint density at radius 3 is 2.17 bits per heavy atom. The van der Waals surface area contributed by atoms with Gasteiger partial charge in [0.2, 0.25) is 0 Å². The number of para-hydroxylation sites is 1. The van der Waals surface area contributed by atoms with E-state index in [2.05, 4.69) is 12.1 Å². The monoisotopic (exact) mass is 325 g/mol. The number of ether oxygens (including phenoxy) is 1. The summed E-state index contributed by atoms with van der Waals surface area (Å²) in [5.41, 5.74) is 2.13. The zero-order valence-electron chi connectivity index (χ0n) is 14.0. The molecular formula is C20H23NO3. The molecule has 0 aromatic heterocycles. The molecule has 0 heterocycles. The number of amides is 1. The summed E-state index contributed by atoms with van der Waals surface area (Å²) >= 11 is 0. The average Bonchev–Trinajstić information content (AvgIpc) is 2.61. The van der Waals surface area contributed by atoms with Crippen molar-refractivity contribution in [2.24, 2.45) is 0 Å². The molecule has 0 spiro atoms. The van der Waals surface area contributed by atoms with Crippen LogP contribution < -0.4 is 4.90 Å². The molecule has 0 bridgehead atoms. The van der Waals surface area contributed by atoms with Crippen LogP contribution in [0.4, 0.5) is 5.69 Å². The number of unbranched alkanes of at least 4 members (excludes halogenated alkanes) is 1. The summed E-state index contributed by atoms with van der Waals surface area (Å²) in [6.07, 6.45) is 2.87. The second-order valence-electron chi connectivity index (χ2n) is 5.60. The maximum absolute atomic E-state index is 12.4. The van der Waals surface area contributed by atoms with Gasteiger partial charge in [0.05, 0.1) is 0 Å². The van der Waals surface area contributed by atoms with Crippen molar-refractivity contribution in [3.8, 4) is 0 Å². The molecule has 2 rings (SSSR count). The molecule has 24 heavy (non-hydrogen) atoms. The molecular weight excluding hydrogens is 302 g/mol. The van der Waals surface area contributed by atoms with E-state index in [0.717, 1.165) is 24.9 Å². The Bertz CT molecular complexity index is 640. The van der Waals surface area contributed by atoms with Crippen molar-refractivity contribution in [3.63, 3.8) is 0 Å². The first kappa shape index (κ1) is 17.7. The maximum Gasteiger partial charge on any atom is 0.303 e. The Labute approximate surface area is 143 Å². The number of esters is 1. The number of hydrogen-bond donors (Lipinski definition) is 0. The topological polar surface area (TPSA) is 46.6 Å². The fourth-order valence-electron chi connectivity index (χ4n) is 2.49. The molecule has 0 aliphatic rings. The Balaban J connectivity index is 1.90. The summed E-state index contributed by atoms with van der Waals surface area (Å²) in [5.74, 6) is -0.642. The number of rotatable bonds is 8. The maximum atomic E-state index is 12.4. The number of nitrogens with zero attached hydrogens (tertiary/aromatic N) is 1. The molecule has 0 saturated carbocycles. The highest BCUT2D eigenvalue weighted by Gasteiger charge is 2.16. The summed E-state index contributed by atoms with van der Waals surface area (Å²) < 4.78 is 4.85. The third kappa shape index (κ3) is 5.88. The van der Waals surface area contributed by atoms with Gasteiger partial charge in [0.25, 0.3) is 5.91 Å². The van der Waals surface area contributed by atoms with Crippen LogP contribution in [0.25, 0.3) is 0 Å². The second-order valence-corrected chi connectivity index (χ2v) is 5.60. The number of carbonyl (C=O) groups is 2. The van der Waals surface area contributed by atoms with Gasteiger partial charge in [0, 0.05) is 19.2 Å². The molecule has 0 unspecified atom stereocenters. The van der Waals surface area contributed by atoms with Crippen LogP contribution in [-0.4, -0.2) is 25.0 Å². The predicted octanol–water partition coefficient (Wildman–Crippen LogP) is 3.61. The first-order valence-electron chi connectivity index (χ1n) is 8.19. The number of aryl methyl sites for hydroxylation is 1. The molecule has 4 heteroatoms. The van der Waals surface area contributed by atoms with Crippen molar-refractivity contribution >= 4 is 17.6 Å². The molecule has 126 valence electrons. The normalized spacial score (nSPS) is 10.2. The van der Waals surface area contributed by atoms with Crippen LogP contribution in [0.2, 0.25) is 0 Å². The minimum absolute atomic E-state index is 0.198. The highest BCUT2D eigenvalue weighted by atomic mass is 16.5. The Morgan fingerprint density at radius 2 is 1.54 bits per heavy atom. The lowest BCUT2D eigenvalue weighted by Gasteiger charge is -2.22. The molecule has 0 radical (unpaired) electrons. The largest absolute Gasteiger partial charge is 0.456 e. The first-order valence-corrected chi connectivity index (χ1v) is 8.19. The van der Waals surface area contributed by atoms with Gasteiger partial charge in [0.1, 0.15) is 0 Å². The van der Waals surface area contributed by atoms with E-state index in [4.69, 9.17) is 4.74 Å². The van der Waals surface area contributed by atoms with Crippen LogP contribution in [0.15, 0.2) is 60.7 Å². The van der Waals surface area contributed by atoms with E-state index in [9.17, 15) is 9.59 Å². The van der Waals surface area contributed by atoms with Crippen LogP contribution >= 0.6 is 0 Å². The molecule has 0 saturated heterocycles. The Hall–Kier alpha value is -2.62. The van der Waals surface area contributed by atoms with E-state index >= 15 is 0 Å². The first-order chi connectivity index (χ1) is 11.7. The zero-order chi connectivity index (χ0) is 17.2. The minimum Gasteiger partial charge on any atom is -0.456 e. The van der Waals surface area contributed by atoms with Gasteiger partial charge in [-0.1, -0.05) is 48.5 Å². The third-order valence-corrected chi connectivity index (χ3v) is 3.71. The van der Waals surface area contributed by atoms with E-state index < -0.39 is 5.97 Å². The van der Waals surface area contributed by atoms with Gasteiger partial charge in [-0.15, -0.1) is 0 Å². The SMILES string of the molecule is CC(=O)OCC(=O)N(CCCCc1ccccc1)c1ccccc1. The fourth-order valence-corrected chi connectivity index (χ4v) is 2.49. The van der Waals surface area contributed by atoms with Crippen molar-refractivity contribution in [1.29, 1.82) is 0 Å². The molecule has 0 aliphatic carbocycles. The van der Waals surface area contributed by atoms with Gasteiger partial charge >= 0.3 is 5.97 Å². The smallest absolute Gasteiger partial charge is 0.303 e. The van der Waals surface area contributed by atoms with E-state index in [-0.39, 0.29) is 12.5 Å². The van der Waals surface area contributed by atoms with Crippen LogP contribution in [0.3, 0.4) is 0 Å². The lowest BCUT2D eigenvalue weighted by Crippen LogP contribution is -2.35. The summed E-state index contributed by atoms with van der Waals surface area (Å²) in [4.78, 5) is 25.0. The zero-order valence-corrected chi connectivity index (χ0v) is 14.0. The average molecular weight is 325 g/mol. The van der Waals surface area contributed by atoms with Gasteiger partial charge < -0.3 is 9.64 Å². The van der Waals surface area contributed by atoms with Gasteiger partial charge in [-0.3, -0.25) is 9.59 Å². The molecule has 0 N–H and O–H groups in total. The lowest BCUT2D eigenvalue weighted by atomic mass is 10.1. The van der Waals surface area contributed by atoms with Crippen molar-refractivity contribution in [3.05, 3.63) is 66.2 Å². The molecule has 2 aromatic rings. The van der Waals surface area contributed by atoms with Gasteiger partial charge in [-0.25, -0.2) is 0 Å². The summed E-state index contributed by atoms with van der Waals surface area (Å²) in [6.45, 7) is 1.69. The number of benzene rings is 2. The van der Waals surface area contributed by atoms with Crippen molar-refractivity contribution < 1.29 is 14.3 Å². The lowest BCUT2D eigenvalue weighted by molar-refractivity contribution is -0.145. The Kier molecular flexibility index (Phi) is 7.02. The van der Waals surface area contributed by atoms with Gasteiger partial charge in [-0.05, 0) is 37.0 Å². The minimum atomic E-state index is -0.444. The number of anilines is 1. The summed E-state index contributed by atoms with van der Waals surface area (Å²) in [5, 5.41) is 0. The predicted molar refractivity (Wildman–Crippen MR) is 94.8 cm³/mol. The molecule has 4 nitrogen and oxygen atoms in total. The fraction of sp³-hybridized carbons (Fsp3) is 0.300. The molecule has 0 atom stereocenters. The van der Waals surface area contributed by atoms with Crippen LogP contribution in [-0.2, 0) is 20.7 Å². The van der Waals surface area contributed by atoms with Crippen molar-refractivity contribution in [2.45, 2.75) is 26.2 Å². The standard InChI is InChI=1S/C20H23NO3/c1-17(22)24-16-20(23)21(19-13-6-3-7-14-19)15-9-8-12-18-10-4-2-5-11-18/h2-7,10-11,13-14H,8-9,12,15-16H2,1H3. The summed E-state index contributed by atoms with van der Waals surface area (Å²) in [6, 6.07) is 19.8. The van der Waals surface area contributed by atoms with E-state index in [0.29, 0.717) is 6.54 Å². The highest BCUT2D eigenvalue weighted by molar-refractivity contribution is 5.95. The number of hydrogen-bond acceptors (Lipinski definition) is 3. The van der Waals surface area contributed by atoms with E-state index in [1.54, 1.807) is 4.90 Å². The number of carbonyl (C=O) groups excluding carboxylic acids is 2. The summed E-state index contributed by atoms with van der Waals surface area (Å²) in [7, 11) is 0.